The van der Waals surface area contributed by atoms with Crippen LogP contribution < -0.4 is 4.72 Å². The summed E-state index contributed by atoms with van der Waals surface area (Å²) >= 11 is 0. The first-order valence-corrected chi connectivity index (χ1v) is 9.86. The molecule has 134 valence electrons. The van der Waals surface area contributed by atoms with E-state index < -0.39 is 22.1 Å². The summed E-state index contributed by atoms with van der Waals surface area (Å²) in [5.74, 6) is -1.51. The summed E-state index contributed by atoms with van der Waals surface area (Å²) in [6, 6.07) is 0. The number of aliphatic carboxylic acids is 1. The van der Waals surface area contributed by atoms with Crippen molar-refractivity contribution in [3.8, 4) is 0 Å². The van der Waals surface area contributed by atoms with Crippen LogP contribution in [-0.4, -0.2) is 68.0 Å². The first-order valence-electron chi connectivity index (χ1n) is 8.42. The van der Waals surface area contributed by atoms with Crippen molar-refractivity contribution in [2.24, 2.45) is 5.92 Å². The topological polar surface area (TPSA) is 90.0 Å². The smallest absolute Gasteiger partial charge is 0.307 e. The minimum absolute atomic E-state index is 0.0691. The zero-order valence-corrected chi connectivity index (χ0v) is 14.9. The Morgan fingerprint density at radius 1 is 1.26 bits per heavy atom. The molecule has 2 aliphatic rings. The van der Waals surface area contributed by atoms with E-state index in [9.17, 15) is 13.2 Å². The predicted molar refractivity (Wildman–Crippen MR) is 88.4 cm³/mol. The molecule has 0 aromatic carbocycles. The molecule has 1 aliphatic heterocycles. The second-order valence-electron chi connectivity index (χ2n) is 7.04. The third kappa shape index (κ3) is 4.43. The number of carbonyl (C=O) groups is 1. The molecule has 0 spiro atoms. The monoisotopic (exact) mass is 347 g/mol. The second kappa shape index (κ2) is 7.46. The fourth-order valence-corrected chi connectivity index (χ4v) is 5.05. The minimum atomic E-state index is -3.63. The molecule has 1 atom stereocenters. The fourth-order valence-electron chi connectivity index (χ4n) is 3.67. The maximum atomic E-state index is 12.6. The highest BCUT2D eigenvalue weighted by atomic mass is 32.2. The van der Waals surface area contributed by atoms with Crippen LogP contribution >= 0.6 is 0 Å². The summed E-state index contributed by atoms with van der Waals surface area (Å²) in [7, 11) is 0.374. The van der Waals surface area contributed by atoms with Gasteiger partial charge in [-0.25, -0.2) is 4.72 Å². The maximum absolute atomic E-state index is 12.6. The van der Waals surface area contributed by atoms with Crippen molar-refractivity contribution in [3.63, 3.8) is 0 Å². The Morgan fingerprint density at radius 2 is 1.91 bits per heavy atom. The van der Waals surface area contributed by atoms with Crippen molar-refractivity contribution in [1.82, 2.24) is 13.9 Å². The number of piperidine rings is 1. The third-order valence-corrected chi connectivity index (χ3v) is 6.91. The van der Waals surface area contributed by atoms with E-state index in [0.717, 1.165) is 25.7 Å². The fraction of sp³-hybridized carbons (Fsp3) is 0.933. The molecule has 23 heavy (non-hydrogen) atoms. The quantitative estimate of drug-likeness (QED) is 0.744. The van der Waals surface area contributed by atoms with Gasteiger partial charge in [0.25, 0.3) is 10.2 Å². The molecule has 2 rings (SSSR count). The van der Waals surface area contributed by atoms with Crippen molar-refractivity contribution in [2.75, 3.05) is 33.7 Å². The molecule has 2 N–H and O–H groups in total. The Kier molecular flexibility index (Phi) is 6.05. The molecule has 1 heterocycles. The number of nitrogens with one attached hydrogen (secondary N) is 1. The van der Waals surface area contributed by atoms with Gasteiger partial charge in [0.1, 0.15) is 0 Å². The van der Waals surface area contributed by atoms with Gasteiger partial charge in [0.2, 0.25) is 0 Å². The molecule has 1 aliphatic carbocycles. The van der Waals surface area contributed by atoms with Gasteiger partial charge in [-0.05, 0) is 39.8 Å². The van der Waals surface area contributed by atoms with Gasteiger partial charge in [-0.1, -0.05) is 19.3 Å². The molecule has 0 aromatic heterocycles. The van der Waals surface area contributed by atoms with Crippen LogP contribution in [-0.2, 0) is 15.0 Å². The number of hydrogen-bond acceptors (Lipinski definition) is 4. The Bertz CT molecular complexity index is 515. The summed E-state index contributed by atoms with van der Waals surface area (Å²) < 4.78 is 29.2. The van der Waals surface area contributed by atoms with Crippen LogP contribution in [0.4, 0.5) is 0 Å². The van der Waals surface area contributed by atoms with Crippen molar-refractivity contribution in [1.29, 1.82) is 0 Å². The van der Waals surface area contributed by atoms with Crippen molar-refractivity contribution >= 4 is 16.2 Å². The Labute approximate surface area is 139 Å². The second-order valence-corrected chi connectivity index (χ2v) is 8.80. The number of hydrogen-bond donors (Lipinski definition) is 2. The van der Waals surface area contributed by atoms with E-state index in [1.807, 2.05) is 14.1 Å². The lowest BCUT2D eigenvalue weighted by molar-refractivity contribution is -0.142. The summed E-state index contributed by atoms with van der Waals surface area (Å²) in [5.41, 5.74) is -0.132. The Morgan fingerprint density at radius 3 is 2.48 bits per heavy atom. The lowest BCUT2D eigenvalue weighted by Gasteiger charge is -2.43. The molecule has 1 saturated carbocycles. The number of carboxylic acids is 1. The lowest BCUT2D eigenvalue weighted by atomic mass is 9.81. The molecular formula is C15H29N3O4S. The van der Waals surface area contributed by atoms with Gasteiger partial charge in [-0.15, -0.1) is 0 Å². The summed E-state index contributed by atoms with van der Waals surface area (Å²) in [4.78, 5) is 13.3. The normalized spacial score (nSPS) is 26.3. The van der Waals surface area contributed by atoms with Crippen LogP contribution in [0.3, 0.4) is 0 Å². The molecular weight excluding hydrogens is 318 g/mol. The number of nitrogens with zero attached hydrogens (tertiary/aromatic N) is 2. The Hall–Kier alpha value is -0.700. The molecule has 8 heteroatoms. The lowest BCUT2D eigenvalue weighted by Crippen LogP contribution is -2.56. The molecule has 0 amide bonds. The van der Waals surface area contributed by atoms with Crippen LogP contribution in [0.25, 0.3) is 0 Å². The first kappa shape index (κ1) is 18.6. The van der Waals surface area contributed by atoms with E-state index in [0.29, 0.717) is 25.9 Å². The number of likely N-dealkylation sites (N-methyl/N-ethyl adjacent to an activating group) is 1. The van der Waals surface area contributed by atoms with Crippen molar-refractivity contribution in [3.05, 3.63) is 0 Å². The highest BCUT2D eigenvalue weighted by molar-refractivity contribution is 7.87. The molecule has 0 aromatic rings. The largest absolute Gasteiger partial charge is 0.481 e. The van der Waals surface area contributed by atoms with Crippen LogP contribution in [0.15, 0.2) is 0 Å². The molecule has 2 fully saturated rings. The molecule has 0 radical (unpaired) electrons. The van der Waals surface area contributed by atoms with Crippen LogP contribution in [0.5, 0.6) is 0 Å². The molecule has 0 bridgehead atoms. The van der Waals surface area contributed by atoms with Gasteiger partial charge in [0.15, 0.2) is 0 Å². The predicted octanol–water partition coefficient (Wildman–Crippen LogP) is 0.882. The average molecular weight is 347 g/mol. The molecule has 7 nitrogen and oxygen atoms in total. The van der Waals surface area contributed by atoms with E-state index in [-0.39, 0.29) is 12.1 Å². The summed E-state index contributed by atoms with van der Waals surface area (Å²) in [6.07, 6.45) is 6.55. The van der Waals surface area contributed by atoms with Gasteiger partial charge >= 0.3 is 5.97 Å². The van der Waals surface area contributed by atoms with Crippen LogP contribution in [0, 0.1) is 5.92 Å². The number of rotatable bonds is 6. The van der Waals surface area contributed by atoms with E-state index in [4.69, 9.17) is 5.11 Å². The average Bonchev–Trinajstić information content (AvgIpc) is 2.54. The molecule has 1 saturated heterocycles. The van der Waals surface area contributed by atoms with Gasteiger partial charge < -0.3 is 10.0 Å². The highest BCUT2D eigenvalue weighted by Crippen LogP contribution is 2.32. The summed E-state index contributed by atoms with van der Waals surface area (Å²) in [5, 5.41) is 9.12. The van der Waals surface area contributed by atoms with Gasteiger partial charge in [0.05, 0.1) is 5.92 Å². The third-order valence-electron chi connectivity index (χ3n) is 5.39. The van der Waals surface area contributed by atoms with Gasteiger partial charge in [0, 0.05) is 25.2 Å². The van der Waals surface area contributed by atoms with E-state index in [1.54, 1.807) is 0 Å². The maximum Gasteiger partial charge on any atom is 0.307 e. The van der Waals surface area contributed by atoms with Gasteiger partial charge in [-0.3, -0.25) is 4.79 Å². The highest BCUT2D eigenvalue weighted by Gasteiger charge is 2.37. The standard InChI is InChI=1S/C15H29N3O4S/c1-17(2)15(8-4-3-5-9-15)12-16-23(21,22)18-10-6-7-13(11-18)14(19)20/h13,16H,3-12H2,1-2H3,(H,19,20). The summed E-state index contributed by atoms with van der Waals surface area (Å²) in [6.45, 7) is 0.851. The molecule has 1 unspecified atom stereocenters. The van der Waals surface area contributed by atoms with E-state index >= 15 is 0 Å². The van der Waals surface area contributed by atoms with Crippen molar-refractivity contribution < 1.29 is 18.3 Å². The van der Waals surface area contributed by atoms with Crippen molar-refractivity contribution in [2.45, 2.75) is 50.5 Å². The van der Waals surface area contributed by atoms with E-state index in [1.165, 1.54) is 10.7 Å². The number of carboxylic acid groups (broad SMARTS) is 1. The minimum Gasteiger partial charge on any atom is -0.481 e. The van der Waals surface area contributed by atoms with Gasteiger partial charge in [-0.2, -0.15) is 12.7 Å². The Balaban J connectivity index is 2.01. The SMILES string of the molecule is CN(C)C1(CNS(=O)(=O)N2CCCC(C(=O)O)C2)CCCCC1. The van der Waals surface area contributed by atoms with E-state index in [2.05, 4.69) is 9.62 Å². The van der Waals surface area contributed by atoms with Crippen LogP contribution in [0.1, 0.15) is 44.9 Å². The zero-order chi connectivity index (χ0) is 17.1. The first-order chi connectivity index (χ1) is 10.8. The zero-order valence-electron chi connectivity index (χ0n) is 14.1. The van der Waals surface area contributed by atoms with Crippen LogP contribution in [0.2, 0.25) is 0 Å².